The Labute approximate surface area is 195 Å². The molecule has 33 heavy (non-hydrogen) atoms. The molecule has 2 aromatic rings. The fourth-order valence-corrected chi connectivity index (χ4v) is 4.20. The summed E-state index contributed by atoms with van der Waals surface area (Å²) in [5, 5.41) is 4.05. The van der Waals surface area contributed by atoms with Gasteiger partial charge in [0.2, 0.25) is 5.76 Å². The Balaban J connectivity index is 1.50. The third-order valence-corrected chi connectivity index (χ3v) is 7.21. The van der Waals surface area contributed by atoms with Crippen LogP contribution in [-0.4, -0.2) is 57.5 Å². The minimum Gasteiger partial charge on any atom is -0.444 e. The van der Waals surface area contributed by atoms with E-state index < -0.39 is 18.3 Å². The normalized spacial score (nSPS) is 19.8. The van der Waals surface area contributed by atoms with Crippen molar-refractivity contribution in [1.82, 2.24) is 20.0 Å². The third kappa shape index (κ3) is 4.50. The van der Waals surface area contributed by atoms with E-state index in [-0.39, 0.29) is 18.7 Å². The molecule has 1 saturated carbocycles. The molecule has 1 aliphatic carbocycles. The lowest BCUT2D eigenvalue weighted by Crippen LogP contribution is -2.41. The number of aryl methyl sites for hydroxylation is 2. The third-order valence-electron chi connectivity index (χ3n) is 7.21. The molecule has 1 saturated heterocycles. The smallest absolute Gasteiger partial charge is 0.444 e. The molecule has 3 heterocycles. The van der Waals surface area contributed by atoms with Gasteiger partial charge in [0.15, 0.2) is 5.82 Å². The summed E-state index contributed by atoms with van der Waals surface area (Å²) in [5.74, 6) is 0.774. The molecule has 0 radical (unpaired) electrons. The van der Waals surface area contributed by atoms with Crippen LogP contribution in [0.25, 0.3) is 11.6 Å². The maximum absolute atomic E-state index is 12.5. The summed E-state index contributed by atoms with van der Waals surface area (Å²) in [6.45, 7) is 11.8. The van der Waals surface area contributed by atoms with Gasteiger partial charge in [0, 0.05) is 30.4 Å². The molecule has 0 N–H and O–H groups in total. The van der Waals surface area contributed by atoms with Crippen LogP contribution in [0.2, 0.25) is 0 Å². The van der Waals surface area contributed by atoms with Crippen LogP contribution >= 0.6 is 0 Å². The first-order valence-corrected chi connectivity index (χ1v) is 11.5. The number of ether oxygens (including phenoxy) is 1. The van der Waals surface area contributed by atoms with Crippen molar-refractivity contribution in [2.75, 3.05) is 7.05 Å². The van der Waals surface area contributed by atoms with Gasteiger partial charge >= 0.3 is 13.2 Å². The number of rotatable bonds is 5. The van der Waals surface area contributed by atoms with Crippen LogP contribution in [-0.2, 0) is 20.7 Å². The predicted octanol–water partition coefficient (Wildman–Crippen LogP) is 3.56. The molecule has 10 heteroatoms. The molecule has 0 atom stereocenters. The Morgan fingerprint density at radius 2 is 1.79 bits per heavy atom. The van der Waals surface area contributed by atoms with Crippen molar-refractivity contribution in [3.63, 3.8) is 0 Å². The van der Waals surface area contributed by atoms with Crippen molar-refractivity contribution in [2.24, 2.45) is 0 Å². The Kier molecular flexibility index (Phi) is 6.26. The van der Waals surface area contributed by atoms with E-state index >= 15 is 0 Å². The van der Waals surface area contributed by atoms with Gasteiger partial charge in [-0.3, -0.25) is 0 Å². The van der Waals surface area contributed by atoms with E-state index in [0.29, 0.717) is 22.8 Å². The fraction of sp³-hybridized carbons (Fsp3) is 0.652. The van der Waals surface area contributed by atoms with E-state index in [4.69, 9.17) is 18.6 Å². The van der Waals surface area contributed by atoms with Crippen molar-refractivity contribution in [3.05, 3.63) is 23.1 Å². The minimum atomic E-state index is -0.549. The SMILES string of the molecule is Cc1nc(-c2onc(C)c2COC(=O)N(C)C2CCCC2)ncc1B1OC(C)(C)C(C)(C)O1. The highest BCUT2D eigenvalue weighted by atomic mass is 16.7. The Morgan fingerprint density at radius 1 is 1.15 bits per heavy atom. The summed E-state index contributed by atoms with van der Waals surface area (Å²) < 4.78 is 23.4. The summed E-state index contributed by atoms with van der Waals surface area (Å²) in [5.41, 5.74) is 1.88. The highest BCUT2D eigenvalue weighted by Gasteiger charge is 2.52. The molecule has 4 rings (SSSR count). The molecule has 0 bridgehead atoms. The highest BCUT2D eigenvalue weighted by molar-refractivity contribution is 6.62. The van der Waals surface area contributed by atoms with E-state index in [0.717, 1.165) is 36.8 Å². The Bertz CT molecular complexity index is 1020. The average molecular weight is 456 g/mol. The van der Waals surface area contributed by atoms with Crippen LogP contribution in [0.5, 0.6) is 0 Å². The number of hydrogen-bond donors (Lipinski definition) is 0. The number of amides is 1. The Morgan fingerprint density at radius 3 is 2.39 bits per heavy atom. The number of aromatic nitrogens is 3. The summed E-state index contributed by atoms with van der Waals surface area (Å²) in [7, 11) is 1.24. The molecule has 1 aliphatic heterocycles. The van der Waals surface area contributed by atoms with E-state index in [1.54, 1.807) is 18.1 Å². The molecule has 0 unspecified atom stereocenters. The van der Waals surface area contributed by atoms with Crippen molar-refractivity contribution in [2.45, 2.75) is 91.1 Å². The van der Waals surface area contributed by atoms with Crippen LogP contribution in [0, 0.1) is 13.8 Å². The van der Waals surface area contributed by atoms with Crippen molar-refractivity contribution in [3.8, 4) is 11.6 Å². The van der Waals surface area contributed by atoms with Crippen LogP contribution in [0.3, 0.4) is 0 Å². The Hall–Kier alpha value is -2.46. The average Bonchev–Trinajstić information content (AvgIpc) is 3.44. The van der Waals surface area contributed by atoms with Gasteiger partial charge in [0.25, 0.3) is 0 Å². The van der Waals surface area contributed by atoms with E-state index in [1.165, 1.54) is 0 Å². The molecular weight excluding hydrogens is 423 g/mol. The monoisotopic (exact) mass is 456 g/mol. The number of hydrogen-bond acceptors (Lipinski definition) is 8. The van der Waals surface area contributed by atoms with Crippen LogP contribution in [0.1, 0.15) is 70.3 Å². The van der Waals surface area contributed by atoms with Gasteiger partial charge in [-0.05, 0) is 54.4 Å². The van der Waals surface area contributed by atoms with Crippen LogP contribution in [0.4, 0.5) is 4.79 Å². The zero-order valence-electron chi connectivity index (χ0n) is 20.6. The first-order chi connectivity index (χ1) is 15.5. The quantitative estimate of drug-likeness (QED) is 0.630. The number of carbonyl (C=O) groups excluding carboxylic acids is 1. The molecule has 1 amide bonds. The largest absolute Gasteiger partial charge is 0.498 e. The summed E-state index contributed by atoms with van der Waals surface area (Å²) in [6, 6.07) is 0.244. The predicted molar refractivity (Wildman–Crippen MR) is 123 cm³/mol. The second kappa shape index (κ2) is 8.72. The molecule has 2 fully saturated rings. The maximum Gasteiger partial charge on any atom is 0.498 e. The molecule has 0 aromatic carbocycles. The second-order valence-corrected chi connectivity index (χ2v) is 10.0. The first kappa shape index (κ1) is 23.7. The van der Waals surface area contributed by atoms with E-state index in [2.05, 4.69) is 15.1 Å². The zero-order valence-corrected chi connectivity index (χ0v) is 20.6. The number of nitrogens with zero attached hydrogens (tertiary/aromatic N) is 4. The van der Waals surface area contributed by atoms with Crippen LogP contribution < -0.4 is 5.46 Å². The van der Waals surface area contributed by atoms with Crippen LogP contribution in [0.15, 0.2) is 10.7 Å². The summed E-state index contributed by atoms with van der Waals surface area (Å²) in [4.78, 5) is 23.3. The van der Waals surface area contributed by atoms with Gasteiger partial charge < -0.3 is 23.5 Å². The lowest BCUT2D eigenvalue weighted by atomic mass is 9.79. The lowest BCUT2D eigenvalue weighted by Gasteiger charge is -2.32. The molecule has 2 aliphatic rings. The summed E-state index contributed by atoms with van der Waals surface area (Å²) in [6.07, 6.45) is 5.69. The zero-order chi connectivity index (χ0) is 24.0. The van der Waals surface area contributed by atoms with Gasteiger partial charge in [-0.2, -0.15) is 0 Å². The number of carbonyl (C=O) groups is 1. The van der Waals surface area contributed by atoms with Crippen molar-refractivity contribution in [1.29, 1.82) is 0 Å². The van der Waals surface area contributed by atoms with Gasteiger partial charge in [-0.25, -0.2) is 14.8 Å². The summed E-state index contributed by atoms with van der Waals surface area (Å²) >= 11 is 0. The van der Waals surface area contributed by atoms with Gasteiger partial charge in [0.05, 0.1) is 22.5 Å². The van der Waals surface area contributed by atoms with Crippen molar-refractivity contribution < 1.29 is 23.4 Å². The lowest BCUT2D eigenvalue weighted by molar-refractivity contribution is 0.00578. The molecule has 2 aromatic heterocycles. The standard InChI is InChI=1S/C23H33BN4O5/c1-14-17(13-30-21(29)28(7)16-10-8-9-11-16)19(31-27-14)20-25-12-18(15(2)26-20)24-32-22(3,4)23(5,6)33-24/h12,16H,8-11,13H2,1-7H3. The first-order valence-electron chi connectivity index (χ1n) is 11.5. The van der Waals surface area contributed by atoms with E-state index in [1.807, 2.05) is 41.5 Å². The molecule has 9 nitrogen and oxygen atoms in total. The van der Waals surface area contributed by atoms with Crippen molar-refractivity contribution >= 4 is 18.7 Å². The van der Waals surface area contributed by atoms with E-state index in [9.17, 15) is 4.79 Å². The minimum absolute atomic E-state index is 0.0436. The van der Waals surface area contributed by atoms with Gasteiger partial charge in [-0.15, -0.1) is 0 Å². The van der Waals surface area contributed by atoms with Gasteiger partial charge in [-0.1, -0.05) is 18.0 Å². The fourth-order valence-electron chi connectivity index (χ4n) is 4.20. The molecule has 178 valence electrons. The molecule has 0 spiro atoms. The second-order valence-electron chi connectivity index (χ2n) is 10.0. The maximum atomic E-state index is 12.5. The molecular formula is C23H33BN4O5. The highest BCUT2D eigenvalue weighted by Crippen LogP contribution is 2.36. The topological polar surface area (TPSA) is 99.8 Å². The van der Waals surface area contributed by atoms with Gasteiger partial charge in [0.1, 0.15) is 6.61 Å².